The standard InChI is InChI=1S/C26H45N7O6/c1-9-18(2)21(33-17-19(29-30-33)16-28-23(36)38-25(3,4)5)22(35)27-11-10-20(34)31-12-14-32(15-13-31)24(37)39-26(6,7)8/h17-18,21H,9-16H2,1-8H3,(H,27,35)(H,28,36)/t18-,21-/m0/s1. The van der Waals surface area contributed by atoms with Crippen molar-refractivity contribution in [1.82, 2.24) is 35.4 Å². The molecule has 0 aliphatic carbocycles. The molecule has 2 atom stereocenters. The van der Waals surface area contributed by atoms with Crippen LogP contribution in [-0.4, -0.2) is 92.7 Å². The van der Waals surface area contributed by atoms with E-state index in [0.717, 1.165) is 6.42 Å². The van der Waals surface area contributed by atoms with Gasteiger partial charge in [-0.3, -0.25) is 9.59 Å². The molecular weight excluding hydrogens is 506 g/mol. The van der Waals surface area contributed by atoms with Gasteiger partial charge in [-0.1, -0.05) is 25.5 Å². The number of hydrogen-bond acceptors (Lipinski definition) is 8. The number of aromatic nitrogens is 3. The van der Waals surface area contributed by atoms with E-state index in [2.05, 4.69) is 20.9 Å². The molecule has 0 saturated carbocycles. The first kappa shape index (κ1) is 31.8. The van der Waals surface area contributed by atoms with E-state index < -0.39 is 23.3 Å². The highest BCUT2D eigenvalue weighted by Crippen LogP contribution is 2.21. The first-order chi connectivity index (χ1) is 18.1. The van der Waals surface area contributed by atoms with Crippen LogP contribution in [0.4, 0.5) is 9.59 Å². The van der Waals surface area contributed by atoms with Crippen molar-refractivity contribution in [3.8, 4) is 0 Å². The number of nitrogens with one attached hydrogen (secondary N) is 2. The number of hydrogen-bond donors (Lipinski definition) is 2. The van der Waals surface area contributed by atoms with E-state index in [4.69, 9.17) is 9.47 Å². The van der Waals surface area contributed by atoms with Gasteiger partial charge >= 0.3 is 12.2 Å². The zero-order chi connectivity index (χ0) is 29.4. The minimum absolute atomic E-state index is 0.0463. The Morgan fingerprint density at radius 2 is 1.54 bits per heavy atom. The molecule has 1 aliphatic heterocycles. The van der Waals surface area contributed by atoms with Gasteiger partial charge in [-0.2, -0.15) is 0 Å². The van der Waals surface area contributed by atoms with Crippen LogP contribution in [0.25, 0.3) is 0 Å². The summed E-state index contributed by atoms with van der Waals surface area (Å²) < 4.78 is 12.1. The van der Waals surface area contributed by atoms with Crippen LogP contribution in [0.15, 0.2) is 6.20 Å². The Labute approximate surface area is 230 Å². The van der Waals surface area contributed by atoms with Gasteiger partial charge in [0.15, 0.2) is 0 Å². The van der Waals surface area contributed by atoms with Crippen LogP contribution in [0, 0.1) is 5.92 Å². The lowest BCUT2D eigenvalue weighted by Gasteiger charge is -2.35. The maximum absolute atomic E-state index is 13.1. The average molecular weight is 552 g/mol. The third-order valence-corrected chi connectivity index (χ3v) is 6.03. The lowest BCUT2D eigenvalue weighted by Crippen LogP contribution is -2.52. The minimum Gasteiger partial charge on any atom is -0.444 e. The van der Waals surface area contributed by atoms with Gasteiger partial charge in [0.2, 0.25) is 11.8 Å². The highest BCUT2D eigenvalue weighted by Gasteiger charge is 2.29. The second-order valence-electron chi connectivity index (χ2n) is 11.8. The van der Waals surface area contributed by atoms with Crippen LogP contribution in [0.5, 0.6) is 0 Å². The first-order valence-electron chi connectivity index (χ1n) is 13.5. The number of carbonyl (C=O) groups excluding carboxylic acids is 4. The van der Waals surface area contributed by atoms with Crippen molar-refractivity contribution in [3.05, 3.63) is 11.9 Å². The Morgan fingerprint density at radius 1 is 0.949 bits per heavy atom. The molecular formula is C26H45N7O6. The molecule has 13 heteroatoms. The van der Waals surface area contributed by atoms with E-state index in [1.54, 1.807) is 36.8 Å². The van der Waals surface area contributed by atoms with Crippen molar-refractivity contribution >= 4 is 24.0 Å². The van der Waals surface area contributed by atoms with Gasteiger partial charge in [-0.15, -0.1) is 5.10 Å². The molecule has 1 aromatic heterocycles. The van der Waals surface area contributed by atoms with Gasteiger partial charge in [-0.25, -0.2) is 14.3 Å². The molecule has 1 fully saturated rings. The SMILES string of the molecule is CC[C@H](C)[C@@H](C(=O)NCCC(=O)N1CCN(C(=O)OC(C)(C)C)CC1)n1cc(CNC(=O)OC(C)(C)C)nn1. The molecule has 2 N–H and O–H groups in total. The normalized spacial score (nSPS) is 15.8. The summed E-state index contributed by atoms with van der Waals surface area (Å²) in [5.41, 5.74) is -0.695. The molecule has 0 unspecified atom stereocenters. The Bertz CT molecular complexity index is 990. The average Bonchev–Trinajstić information content (AvgIpc) is 3.29. The molecule has 0 bridgehead atoms. The summed E-state index contributed by atoms with van der Waals surface area (Å²) in [6, 6.07) is -0.620. The molecule has 2 rings (SSSR count). The molecule has 0 radical (unpaired) electrons. The third kappa shape index (κ3) is 10.7. The van der Waals surface area contributed by atoms with Crippen LogP contribution in [-0.2, 0) is 25.6 Å². The summed E-state index contributed by atoms with van der Waals surface area (Å²) in [7, 11) is 0. The summed E-state index contributed by atoms with van der Waals surface area (Å²) in [4.78, 5) is 53.2. The van der Waals surface area contributed by atoms with Crippen LogP contribution < -0.4 is 10.6 Å². The smallest absolute Gasteiger partial charge is 0.410 e. The summed E-state index contributed by atoms with van der Waals surface area (Å²) in [6.07, 6.45) is 1.56. The number of rotatable bonds is 9. The molecule has 4 amide bonds. The van der Waals surface area contributed by atoms with Gasteiger partial charge in [-0.05, 0) is 47.5 Å². The zero-order valence-corrected chi connectivity index (χ0v) is 24.6. The van der Waals surface area contributed by atoms with Crippen LogP contribution >= 0.6 is 0 Å². The van der Waals surface area contributed by atoms with Gasteiger partial charge in [0.1, 0.15) is 22.9 Å². The number of carbonyl (C=O) groups is 4. The third-order valence-electron chi connectivity index (χ3n) is 6.03. The lowest BCUT2D eigenvalue weighted by atomic mass is 9.98. The van der Waals surface area contributed by atoms with Crippen molar-refractivity contribution < 1.29 is 28.7 Å². The monoisotopic (exact) mass is 551 g/mol. The molecule has 0 aromatic carbocycles. The Hall–Kier alpha value is -3.38. The molecule has 1 saturated heterocycles. The summed E-state index contributed by atoms with van der Waals surface area (Å²) >= 11 is 0. The van der Waals surface area contributed by atoms with Gasteiger partial charge in [0, 0.05) is 39.1 Å². The summed E-state index contributed by atoms with van der Waals surface area (Å²) in [5.74, 6) is -0.395. The fraction of sp³-hybridized carbons (Fsp3) is 0.769. The molecule has 0 spiro atoms. The fourth-order valence-electron chi connectivity index (χ4n) is 3.89. The van der Waals surface area contributed by atoms with Gasteiger partial charge in [0.05, 0.1) is 12.7 Å². The molecule has 1 aliphatic rings. The van der Waals surface area contributed by atoms with E-state index in [0.29, 0.717) is 31.9 Å². The van der Waals surface area contributed by atoms with E-state index >= 15 is 0 Å². The predicted octanol–water partition coefficient (Wildman–Crippen LogP) is 2.48. The highest BCUT2D eigenvalue weighted by molar-refractivity contribution is 5.82. The highest BCUT2D eigenvalue weighted by atomic mass is 16.6. The van der Waals surface area contributed by atoms with E-state index in [1.165, 1.54) is 4.68 Å². The maximum Gasteiger partial charge on any atom is 0.410 e. The van der Waals surface area contributed by atoms with Crippen molar-refractivity contribution in [1.29, 1.82) is 0 Å². The second-order valence-corrected chi connectivity index (χ2v) is 11.8. The fourth-order valence-corrected chi connectivity index (χ4v) is 3.89. The van der Waals surface area contributed by atoms with Gasteiger partial charge in [0.25, 0.3) is 0 Å². The Balaban J connectivity index is 1.85. The van der Waals surface area contributed by atoms with Crippen molar-refractivity contribution in [3.63, 3.8) is 0 Å². The number of alkyl carbamates (subject to hydrolysis) is 1. The zero-order valence-electron chi connectivity index (χ0n) is 24.6. The van der Waals surface area contributed by atoms with E-state index in [-0.39, 0.29) is 43.3 Å². The molecule has 1 aromatic rings. The maximum atomic E-state index is 13.1. The minimum atomic E-state index is -0.620. The number of nitrogens with zero attached hydrogens (tertiary/aromatic N) is 5. The van der Waals surface area contributed by atoms with Gasteiger partial charge < -0.3 is 29.9 Å². The molecule has 220 valence electrons. The van der Waals surface area contributed by atoms with Crippen LogP contribution in [0.3, 0.4) is 0 Å². The van der Waals surface area contributed by atoms with Crippen molar-refractivity contribution in [2.24, 2.45) is 5.92 Å². The number of amides is 4. The summed E-state index contributed by atoms with van der Waals surface area (Å²) in [6.45, 7) is 16.6. The van der Waals surface area contributed by atoms with Crippen LogP contribution in [0.2, 0.25) is 0 Å². The lowest BCUT2D eigenvalue weighted by molar-refractivity contribution is -0.133. The van der Waals surface area contributed by atoms with Crippen LogP contribution in [0.1, 0.15) is 80.0 Å². The second kappa shape index (κ2) is 13.6. The Kier molecular flexibility index (Phi) is 11.1. The topological polar surface area (TPSA) is 148 Å². The van der Waals surface area contributed by atoms with Crippen molar-refractivity contribution in [2.45, 2.75) is 92.0 Å². The molecule has 2 heterocycles. The predicted molar refractivity (Wildman–Crippen MR) is 144 cm³/mol. The van der Waals surface area contributed by atoms with E-state index in [1.807, 2.05) is 34.6 Å². The largest absolute Gasteiger partial charge is 0.444 e. The summed E-state index contributed by atoms with van der Waals surface area (Å²) in [5, 5.41) is 13.7. The molecule has 13 nitrogen and oxygen atoms in total. The van der Waals surface area contributed by atoms with Crippen molar-refractivity contribution in [2.75, 3.05) is 32.7 Å². The number of ether oxygens (including phenoxy) is 2. The first-order valence-corrected chi connectivity index (χ1v) is 13.5. The molecule has 39 heavy (non-hydrogen) atoms. The number of piperazine rings is 1. The Morgan fingerprint density at radius 3 is 2.10 bits per heavy atom. The quantitative estimate of drug-likeness (QED) is 0.476. The van der Waals surface area contributed by atoms with E-state index in [9.17, 15) is 19.2 Å².